The van der Waals surface area contributed by atoms with Gasteiger partial charge in [-0.15, -0.1) is 5.10 Å². The summed E-state index contributed by atoms with van der Waals surface area (Å²) in [4.78, 5) is 22.9. The van der Waals surface area contributed by atoms with Gasteiger partial charge in [0.2, 0.25) is 5.89 Å². The van der Waals surface area contributed by atoms with E-state index in [9.17, 15) is 9.59 Å². The third-order valence-electron chi connectivity index (χ3n) is 2.80. The third-order valence-corrected chi connectivity index (χ3v) is 2.80. The van der Waals surface area contributed by atoms with E-state index in [0.717, 1.165) is 5.56 Å². The number of hydrogen-bond donors (Lipinski definition) is 2. The van der Waals surface area contributed by atoms with E-state index in [1.807, 2.05) is 30.3 Å². The summed E-state index contributed by atoms with van der Waals surface area (Å²) in [5.41, 5.74) is 0.291. The lowest BCUT2D eigenvalue weighted by molar-refractivity contribution is 0.0525. The minimum atomic E-state index is -0.631. The van der Waals surface area contributed by atoms with Crippen LogP contribution in [0.2, 0.25) is 0 Å². The minimum absolute atomic E-state index is 0.201. The summed E-state index contributed by atoms with van der Waals surface area (Å²) < 4.78 is 10.2. The molecule has 0 saturated carbocycles. The summed E-state index contributed by atoms with van der Waals surface area (Å²) in [6.07, 6.45) is -0.536. The average molecular weight is 305 g/mol. The summed E-state index contributed by atoms with van der Waals surface area (Å²) in [6, 6.07) is 9.34. The highest BCUT2D eigenvalue weighted by Gasteiger charge is 2.22. The lowest BCUT2D eigenvalue weighted by Crippen LogP contribution is -2.35. The maximum atomic E-state index is 11.8. The fraction of sp³-hybridized carbons (Fsp3) is 0.400. The largest absolute Gasteiger partial charge is 0.444 e. The Balaban J connectivity index is 2.13. The number of nitrogens with one attached hydrogen (secondary N) is 2. The number of aromatic amines is 1. The van der Waals surface area contributed by atoms with Gasteiger partial charge in [0.25, 0.3) is 0 Å². The molecule has 2 aromatic rings. The van der Waals surface area contributed by atoms with Crippen molar-refractivity contribution in [3.8, 4) is 0 Å². The molecule has 1 heterocycles. The number of H-pyrrole nitrogens is 1. The van der Waals surface area contributed by atoms with Crippen molar-refractivity contribution in [1.29, 1.82) is 0 Å². The van der Waals surface area contributed by atoms with Gasteiger partial charge in [-0.25, -0.2) is 14.7 Å². The molecule has 2 rings (SSSR count). The molecule has 7 heteroatoms. The van der Waals surface area contributed by atoms with Gasteiger partial charge in [0.15, 0.2) is 0 Å². The molecule has 0 aliphatic carbocycles. The Morgan fingerprint density at radius 2 is 2.05 bits per heavy atom. The molecule has 1 unspecified atom stereocenters. The molecule has 22 heavy (non-hydrogen) atoms. The molecule has 1 aromatic heterocycles. The number of carbonyl (C=O) groups excluding carboxylic acids is 1. The van der Waals surface area contributed by atoms with Crippen LogP contribution in [-0.2, 0) is 4.74 Å². The summed E-state index contributed by atoms with van der Waals surface area (Å²) in [5.74, 6) is -0.798. The number of amides is 1. The van der Waals surface area contributed by atoms with Gasteiger partial charge in [0, 0.05) is 6.54 Å². The predicted molar refractivity (Wildman–Crippen MR) is 79.6 cm³/mol. The number of rotatable bonds is 4. The van der Waals surface area contributed by atoms with E-state index in [-0.39, 0.29) is 18.4 Å². The molecule has 118 valence electrons. The van der Waals surface area contributed by atoms with Crippen molar-refractivity contribution in [3.63, 3.8) is 0 Å². The normalized spacial score (nSPS) is 12.7. The van der Waals surface area contributed by atoms with Gasteiger partial charge in [-0.3, -0.25) is 0 Å². The number of alkyl carbamates (subject to hydrolysis) is 1. The minimum Gasteiger partial charge on any atom is -0.444 e. The van der Waals surface area contributed by atoms with Gasteiger partial charge in [0.1, 0.15) is 5.60 Å². The molecule has 0 spiro atoms. The predicted octanol–water partition coefficient (Wildman–Crippen LogP) is 2.02. The second kappa shape index (κ2) is 6.46. The van der Waals surface area contributed by atoms with E-state index >= 15 is 0 Å². The number of benzene rings is 1. The first-order valence-electron chi connectivity index (χ1n) is 6.92. The number of hydrogen-bond acceptors (Lipinski definition) is 5. The number of aromatic nitrogens is 2. The topological polar surface area (TPSA) is 97.2 Å². The second-order valence-electron chi connectivity index (χ2n) is 5.80. The van der Waals surface area contributed by atoms with E-state index in [0.29, 0.717) is 0 Å². The third kappa shape index (κ3) is 4.47. The van der Waals surface area contributed by atoms with Crippen molar-refractivity contribution in [1.82, 2.24) is 15.5 Å². The Bertz CT molecular complexity index is 670. The highest BCUT2D eigenvalue weighted by Crippen LogP contribution is 2.21. The van der Waals surface area contributed by atoms with Crippen molar-refractivity contribution < 1.29 is 13.9 Å². The Morgan fingerprint density at radius 3 is 2.59 bits per heavy atom. The molecular weight excluding hydrogens is 286 g/mol. The van der Waals surface area contributed by atoms with Gasteiger partial charge >= 0.3 is 11.8 Å². The Kier molecular flexibility index (Phi) is 4.65. The zero-order valence-corrected chi connectivity index (χ0v) is 12.8. The molecule has 2 N–H and O–H groups in total. The molecular formula is C15H19N3O4. The molecule has 0 radical (unpaired) electrons. The van der Waals surface area contributed by atoms with Crippen LogP contribution in [-0.4, -0.2) is 28.4 Å². The summed E-state index contributed by atoms with van der Waals surface area (Å²) in [6.45, 7) is 5.56. The van der Waals surface area contributed by atoms with E-state index in [1.54, 1.807) is 20.8 Å². The first-order chi connectivity index (χ1) is 10.3. The van der Waals surface area contributed by atoms with Gasteiger partial charge in [-0.1, -0.05) is 30.3 Å². The van der Waals surface area contributed by atoms with Crippen LogP contribution in [0, 0.1) is 0 Å². The van der Waals surface area contributed by atoms with Gasteiger partial charge in [0.05, 0.1) is 5.92 Å². The maximum Gasteiger partial charge on any atom is 0.434 e. The van der Waals surface area contributed by atoms with Crippen molar-refractivity contribution in [2.24, 2.45) is 0 Å². The molecule has 0 saturated heterocycles. The summed E-state index contributed by atoms with van der Waals surface area (Å²) in [7, 11) is 0. The van der Waals surface area contributed by atoms with Gasteiger partial charge in [-0.2, -0.15) is 0 Å². The van der Waals surface area contributed by atoms with Gasteiger partial charge in [-0.05, 0) is 26.3 Å². The zero-order chi connectivity index (χ0) is 16.2. The standard InChI is InChI=1S/C15H19N3O4/c1-15(2,3)22-13(19)16-9-11(10-7-5-4-6-8-10)12-17-18-14(20)21-12/h4-8,11H,9H2,1-3H3,(H,16,19)(H,18,20). The lowest BCUT2D eigenvalue weighted by Gasteiger charge is -2.21. The second-order valence-corrected chi connectivity index (χ2v) is 5.80. The van der Waals surface area contributed by atoms with Crippen LogP contribution in [0.25, 0.3) is 0 Å². The van der Waals surface area contributed by atoms with Crippen molar-refractivity contribution in [2.75, 3.05) is 6.54 Å². The fourth-order valence-corrected chi connectivity index (χ4v) is 1.92. The highest BCUT2D eigenvalue weighted by atomic mass is 16.6. The van der Waals surface area contributed by atoms with Crippen molar-refractivity contribution >= 4 is 6.09 Å². The smallest absolute Gasteiger partial charge is 0.434 e. The maximum absolute atomic E-state index is 11.8. The summed E-state index contributed by atoms with van der Waals surface area (Å²) in [5, 5.41) is 8.75. The van der Waals surface area contributed by atoms with Crippen LogP contribution in [0.15, 0.2) is 39.5 Å². The Morgan fingerprint density at radius 1 is 1.36 bits per heavy atom. The van der Waals surface area contributed by atoms with Crippen LogP contribution in [0.5, 0.6) is 0 Å². The average Bonchev–Trinajstić information content (AvgIpc) is 2.85. The molecule has 0 bridgehead atoms. The molecule has 0 aliphatic heterocycles. The molecule has 7 nitrogen and oxygen atoms in total. The molecule has 1 amide bonds. The quantitative estimate of drug-likeness (QED) is 0.900. The Labute approximate surface area is 127 Å². The monoisotopic (exact) mass is 305 g/mol. The molecule has 0 fully saturated rings. The zero-order valence-electron chi connectivity index (χ0n) is 12.8. The van der Waals surface area contributed by atoms with Gasteiger partial charge < -0.3 is 14.5 Å². The number of carbonyl (C=O) groups is 1. The summed E-state index contributed by atoms with van der Waals surface area (Å²) >= 11 is 0. The SMILES string of the molecule is CC(C)(C)OC(=O)NCC(c1ccccc1)c1n[nH]c(=O)o1. The first-order valence-corrected chi connectivity index (χ1v) is 6.92. The highest BCUT2D eigenvalue weighted by molar-refractivity contribution is 5.67. The van der Waals surface area contributed by atoms with E-state index in [4.69, 9.17) is 9.15 Å². The fourth-order valence-electron chi connectivity index (χ4n) is 1.92. The molecule has 0 aliphatic rings. The van der Waals surface area contributed by atoms with Crippen molar-refractivity contribution in [3.05, 3.63) is 52.3 Å². The number of nitrogens with zero attached hydrogens (tertiary/aromatic N) is 1. The van der Waals surface area contributed by atoms with E-state index < -0.39 is 17.5 Å². The van der Waals surface area contributed by atoms with Crippen LogP contribution < -0.4 is 11.1 Å². The van der Waals surface area contributed by atoms with Crippen LogP contribution in [0.4, 0.5) is 4.79 Å². The van der Waals surface area contributed by atoms with Crippen LogP contribution in [0.1, 0.15) is 38.1 Å². The van der Waals surface area contributed by atoms with Crippen LogP contribution in [0.3, 0.4) is 0 Å². The van der Waals surface area contributed by atoms with Crippen LogP contribution >= 0.6 is 0 Å². The molecule has 1 atom stereocenters. The lowest BCUT2D eigenvalue weighted by atomic mass is 9.99. The molecule has 1 aromatic carbocycles. The Hall–Kier alpha value is -2.57. The first kappa shape index (κ1) is 15.8. The number of ether oxygens (including phenoxy) is 1. The van der Waals surface area contributed by atoms with E-state index in [1.165, 1.54) is 0 Å². The van der Waals surface area contributed by atoms with E-state index in [2.05, 4.69) is 15.5 Å². The van der Waals surface area contributed by atoms with Crippen molar-refractivity contribution in [2.45, 2.75) is 32.3 Å².